The lowest BCUT2D eigenvalue weighted by atomic mass is 9.73. The average molecular weight is 2240 g/mol. The molecule has 0 spiro atoms. The summed E-state index contributed by atoms with van der Waals surface area (Å²) in [4.78, 5) is 74.9. The summed E-state index contributed by atoms with van der Waals surface area (Å²) in [7, 11) is 0.801. The third-order valence-corrected chi connectivity index (χ3v) is 29.5. The van der Waals surface area contributed by atoms with Gasteiger partial charge in [-0.05, 0) is 154 Å². The molecule has 2 aromatic carbocycles. The highest BCUT2D eigenvalue weighted by molar-refractivity contribution is 14.1. The maximum Gasteiger partial charge on any atom is 0.325 e. The number of carbonyl (C=O) groups is 4. The molecule has 0 radical (unpaired) electrons. The van der Waals surface area contributed by atoms with E-state index in [0.717, 1.165) is 175 Å². The standard InChI is InChI=1S/C31H38ClN9O4.C23H24ClN7O3.C15H21BrN6OSi.C9H19N3OSi.C8H16N2O2.C6H3BrIN3/c1-45-28(44)8-12-37-15-17-39(18-16-37)27(43)21-40-20-25(19-33-40)34-30-35-29-26(3-2-11-41(29)36-30)38-13-9-31(22-42,10-14-38)23-4-6-24(32)7-5-23;24-17-5-3-16(4-6-17)23(15-32)7-10-29(11-8-23)19-2-1-9-31-21(19)27-22(28-31)26-18-12-25-30(13-18)14-20(33)34;1-24(2,3)8-7-23-11-21-10-12(9-17-21)18-15-19-14-13(16)5-4-6-22(14)20-15;1-14(2,3)5-4-13-8-12-7-9(10)6-11-12;1-12-8(11)2-5-10-6-3-9-4-7-10;7-4-2-1-3-11-5(4)9-6(8)10-11/h2-7,11,19-20,42H,8-10,12-18,21-22H2,1H3,(H,34,36);1-6,9,12-13,32H,7-8,10-11,14-15H2,(H,26,28)(H,33,34);4-6,9-10H,7-8,11H2,1-3H3,(H,18,20);6-7H,4-5,8,10H2,1-3H3;9H,2-7H2,1H3;1-3H. The number of aliphatic hydroxyl groups is 2. The van der Waals surface area contributed by atoms with Crippen LogP contribution in [0.1, 0.15) is 49.7 Å². The summed E-state index contributed by atoms with van der Waals surface area (Å²) in [5.74, 6) is 0.0427. The molecule has 748 valence electrons. The minimum atomic E-state index is -1.05. The van der Waals surface area contributed by atoms with Crippen LogP contribution in [0.2, 0.25) is 61.4 Å². The molecule has 16 heterocycles. The van der Waals surface area contributed by atoms with Gasteiger partial charge >= 0.3 is 17.9 Å². The highest BCUT2D eigenvalue weighted by atomic mass is 127. The molecule has 4 aliphatic rings. The molecule has 4 fully saturated rings. The van der Waals surface area contributed by atoms with Crippen molar-refractivity contribution in [3.8, 4) is 0 Å². The molecule has 48 heteroatoms. The van der Waals surface area contributed by atoms with Gasteiger partial charge in [0.1, 0.15) is 26.6 Å². The van der Waals surface area contributed by atoms with Gasteiger partial charge < -0.3 is 80.9 Å². The number of carboxylic acids is 1. The van der Waals surface area contributed by atoms with Crippen LogP contribution >= 0.6 is 77.7 Å². The molecule has 18 rings (SSSR count). The van der Waals surface area contributed by atoms with Gasteiger partial charge in [-0.3, -0.25) is 33.4 Å². The number of nitrogens with one attached hydrogen (secondary N) is 4. The molecule has 12 aromatic heterocycles. The number of amides is 1. The van der Waals surface area contributed by atoms with Crippen LogP contribution in [0.4, 0.5) is 52.0 Å². The number of aliphatic carboxylic acids is 1. The third kappa shape index (κ3) is 30.9. The topological polar surface area (TPSA) is 448 Å². The van der Waals surface area contributed by atoms with E-state index in [9.17, 15) is 29.4 Å². The Morgan fingerprint density at radius 2 is 0.879 bits per heavy atom. The minimum absolute atomic E-state index is 0.00410. The lowest BCUT2D eigenvalue weighted by Gasteiger charge is -2.42. The number of ether oxygens (including phenoxy) is 4. The normalized spacial score (nSPS) is 15.0. The van der Waals surface area contributed by atoms with Gasteiger partial charge in [-0.15, -0.1) is 20.4 Å². The molecule has 0 saturated carbocycles. The van der Waals surface area contributed by atoms with Crippen LogP contribution in [-0.4, -0.2) is 300 Å². The number of pyridine rings is 4. The third-order valence-electron chi connectivity index (χ3n) is 23.9. The van der Waals surface area contributed by atoms with Gasteiger partial charge in [-0.2, -0.15) is 35.3 Å². The molecule has 0 atom stereocenters. The number of piperazine rings is 2. The first kappa shape index (κ1) is 106. The van der Waals surface area contributed by atoms with Crippen LogP contribution in [0.15, 0.2) is 180 Å². The predicted octanol–water partition coefficient (Wildman–Crippen LogP) is 12.6. The van der Waals surface area contributed by atoms with E-state index < -0.39 is 22.1 Å². The zero-order chi connectivity index (χ0) is 99.5. The second kappa shape index (κ2) is 50.5. The largest absolute Gasteiger partial charge is 0.480 e. The number of piperidine rings is 2. The Balaban J connectivity index is 0.000000153. The van der Waals surface area contributed by atoms with Gasteiger partial charge in [0.2, 0.25) is 27.6 Å². The number of halogens is 5. The zero-order valence-electron chi connectivity index (χ0n) is 79.6. The molecule has 14 aromatic rings. The van der Waals surface area contributed by atoms with Crippen LogP contribution in [-0.2, 0) is 75.5 Å². The number of benzene rings is 2. The van der Waals surface area contributed by atoms with E-state index in [-0.39, 0.29) is 55.0 Å². The first-order valence-corrected chi connectivity index (χ1v) is 56.9. The smallest absolute Gasteiger partial charge is 0.325 e. The van der Waals surface area contributed by atoms with Crippen molar-refractivity contribution in [1.82, 2.24) is 118 Å². The van der Waals surface area contributed by atoms with Crippen molar-refractivity contribution in [3.05, 3.63) is 205 Å². The van der Waals surface area contributed by atoms with Crippen LogP contribution in [0, 0.1) is 3.83 Å². The molecule has 0 unspecified atom stereocenters. The number of fused-ring (bicyclic) bond motifs is 4. The quantitative estimate of drug-likeness (QED) is 0.00840. The molecule has 9 N–H and O–H groups in total. The lowest BCUT2D eigenvalue weighted by Crippen LogP contribution is -2.49. The predicted molar refractivity (Wildman–Crippen MR) is 558 cm³/mol. The fourth-order valence-electron chi connectivity index (χ4n) is 15.9. The first-order chi connectivity index (χ1) is 67.3. The number of carbonyl (C=O) groups excluding carboxylic acids is 3. The summed E-state index contributed by atoms with van der Waals surface area (Å²) in [6, 6.07) is 33.5. The van der Waals surface area contributed by atoms with Crippen LogP contribution < -0.4 is 36.8 Å². The molecule has 140 heavy (non-hydrogen) atoms. The van der Waals surface area contributed by atoms with E-state index in [4.69, 9.17) is 53.2 Å². The van der Waals surface area contributed by atoms with Crippen molar-refractivity contribution < 1.29 is 53.4 Å². The number of nitrogens with two attached hydrogens (primary N) is 1. The minimum Gasteiger partial charge on any atom is -0.480 e. The van der Waals surface area contributed by atoms with E-state index in [1.165, 1.54) is 31.1 Å². The van der Waals surface area contributed by atoms with Crippen molar-refractivity contribution in [2.75, 3.05) is 164 Å². The van der Waals surface area contributed by atoms with Crippen molar-refractivity contribution in [3.63, 3.8) is 0 Å². The Labute approximate surface area is 853 Å². The summed E-state index contributed by atoms with van der Waals surface area (Å²) in [6.45, 7) is 28.0. The van der Waals surface area contributed by atoms with E-state index in [0.29, 0.717) is 96.5 Å². The fraction of sp³-hybridized carbons (Fsp3) is 0.435. The number of anilines is 9. The number of nitrogens with zero attached hydrogens (tertiary/aromatic N) is 25. The van der Waals surface area contributed by atoms with Gasteiger partial charge in [0.25, 0.3) is 0 Å². The number of esters is 2. The maximum atomic E-state index is 12.9. The van der Waals surface area contributed by atoms with Crippen LogP contribution in [0.3, 0.4) is 0 Å². The van der Waals surface area contributed by atoms with Crippen molar-refractivity contribution in [1.29, 1.82) is 0 Å². The van der Waals surface area contributed by atoms with E-state index in [2.05, 4.69) is 195 Å². The number of hydrogen-bond acceptors (Lipinski definition) is 31. The molecule has 41 nitrogen and oxygen atoms in total. The van der Waals surface area contributed by atoms with Crippen molar-refractivity contribution in [2.24, 2.45) is 0 Å². The summed E-state index contributed by atoms with van der Waals surface area (Å²) in [6.07, 6.45) is 25.1. The Bertz CT molecular complexity index is 6340. The second-order valence-corrected chi connectivity index (χ2v) is 51.3. The monoisotopic (exact) mass is 2230 g/mol. The Morgan fingerprint density at radius 1 is 0.493 bits per heavy atom. The molecular formula is C92H121Br2Cl2IN30O11Si2. The number of carboxylic acid groups (broad SMARTS) is 1. The number of aliphatic hydroxyl groups excluding tert-OH is 2. The number of methoxy groups -OCH3 is 2. The summed E-state index contributed by atoms with van der Waals surface area (Å²) in [5, 5.41) is 78.0. The SMILES string of the molecule is Brc1cccn2nc(I)nc12.COC(=O)CCN1CCN(C(=O)Cn2cc(Nc3nc4c(N5CCC(CO)(c6ccc(Cl)cc6)CC5)cccn4n3)cn2)CC1.COC(=O)CCN1CCNCC1.C[Si](C)(C)CCOCn1cc(N)cn1.C[Si](C)(C)CCOCn1cc(Nc2nc3c(Br)cccn3n2)cn1.O=C(O)Cn1cc(Nc2nc3c(N4CCC(CO)(c5ccc(Cl)cc5)CC4)cccn3n2)cn1. The zero-order valence-corrected chi connectivity index (χ0v) is 88.5. The van der Waals surface area contributed by atoms with Gasteiger partial charge in [0, 0.05) is 202 Å². The fourth-order valence-corrected chi connectivity index (χ4v) is 18.9. The van der Waals surface area contributed by atoms with E-state index in [1.54, 1.807) is 69.3 Å². The second-order valence-electron chi connectivity index (χ2n) is 36.5. The number of hydrogen-bond donors (Lipinski definition) is 8. The number of aromatic nitrogens is 20. The highest BCUT2D eigenvalue weighted by Crippen LogP contribution is 2.41. The Kier molecular flexibility index (Phi) is 38.3. The first-order valence-electron chi connectivity index (χ1n) is 46.0. The molecule has 4 saturated heterocycles. The highest BCUT2D eigenvalue weighted by Gasteiger charge is 2.39. The summed E-state index contributed by atoms with van der Waals surface area (Å²) < 4.78 is 36.4. The maximum absolute atomic E-state index is 12.9. The molecular weight excluding hydrogens is 2120 g/mol. The van der Waals surface area contributed by atoms with Crippen LogP contribution in [0.25, 0.3) is 22.6 Å². The lowest BCUT2D eigenvalue weighted by molar-refractivity contribution is -0.142. The molecule has 4 aliphatic heterocycles. The van der Waals surface area contributed by atoms with Gasteiger partial charge in [0.05, 0.1) is 121 Å². The molecule has 0 bridgehead atoms. The number of nitrogen functional groups attached to an aromatic ring is 1. The van der Waals surface area contributed by atoms with Crippen molar-refractivity contribution in [2.45, 2.75) is 127 Å². The van der Waals surface area contributed by atoms with E-state index in [1.807, 2.05) is 133 Å². The van der Waals surface area contributed by atoms with Gasteiger partial charge in [0.15, 0.2) is 22.6 Å². The molecule has 1 amide bonds. The average Bonchev–Trinajstić information content (AvgIpc) is 1.53. The van der Waals surface area contributed by atoms with E-state index >= 15 is 0 Å². The number of rotatable bonds is 32. The summed E-state index contributed by atoms with van der Waals surface area (Å²) in [5.41, 5.74) is 15.0. The van der Waals surface area contributed by atoms with Gasteiger partial charge in [-0.1, -0.05) is 86.7 Å². The summed E-state index contributed by atoms with van der Waals surface area (Å²) >= 11 is 21.1. The van der Waals surface area contributed by atoms with Gasteiger partial charge in [-0.25, -0.2) is 32.4 Å². The molecule has 0 aliphatic carbocycles. The van der Waals surface area contributed by atoms with Crippen LogP contribution in [0.5, 0.6) is 0 Å². The Morgan fingerprint density at radius 3 is 1.29 bits per heavy atom. The van der Waals surface area contributed by atoms with Crippen molar-refractivity contribution >= 4 is 192 Å². The Hall–Kier alpha value is -11.1.